The van der Waals surface area contributed by atoms with Crippen LogP contribution >= 0.6 is 0 Å². The van der Waals surface area contributed by atoms with Gasteiger partial charge in [-0.2, -0.15) is 0 Å². The molecule has 86 valence electrons. The lowest BCUT2D eigenvalue weighted by atomic mass is 10.3. The van der Waals surface area contributed by atoms with Crippen LogP contribution in [0, 0.1) is 20.8 Å². The second-order valence-corrected chi connectivity index (χ2v) is 4.07. The third kappa shape index (κ3) is 2.55. The lowest BCUT2D eigenvalue weighted by molar-refractivity contribution is 0.432. The van der Waals surface area contributed by atoms with Gasteiger partial charge in [-0.15, -0.1) is 0 Å². The van der Waals surface area contributed by atoms with Gasteiger partial charge in [-0.3, -0.25) is 0 Å². The van der Waals surface area contributed by atoms with Crippen LogP contribution in [0.2, 0.25) is 0 Å². The fourth-order valence-corrected chi connectivity index (χ4v) is 1.63. The second-order valence-electron chi connectivity index (χ2n) is 4.07. The summed E-state index contributed by atoms with van der Waals surface area (Å²) >= 11 is 0. The molecule has 1 N–H and O–H groups in total. The van der Waals surface area contributed by atoms with Gasteiger partial charge >= 0.3 is 0 Å². The van der Waals surface area contributed by atoms with Gasteiger partial charge in [-0.05, 0) is 44.5 Å². The molecule has 0 spiro atoms. The van der Waals surface area contributed by atoms with Crippen molar-refractivity contribution in [1.29, 1.82) is 0 Å². The van der Waals surface area contributed by atoms with Crippen LogP contribution in [0.25, 0.3) is 0 Å². The predicted molar refractivity (Wildman–Crippen MR) is 62.2 cm³/mol. The van der Waals surface area contributed by atoms with Crippen LogP contribution in [0.1, 0.15) is 28.6 Å². The van der Waals surface area contributed by atoms with Crippen molar-refractivity contribution in [2.45, 2.75) is 33.9 Å². The lowest BCUT2D eigenvalue weighted by Crippen LogP contribution is -2.11. The minimum atomic E-state index is 0.729. The topological polar surface area (TPSA) is 38.3 Å². The minimum Gasteiger partial charge on any atom is -0.465 e. The molecule has 0 aliphatic rings. The molecule has 0 radical (unpaired) electrons. The SMILES string of the molecule is Cc1ccc(CNCc2cc(C)c(C)o2)o1. The molecule has 2 heterocycles. The highest BCUT2D eigenvalue weighted by atomic mass is 16.3. The molecule has 16 heavy (non-hydrogen) atoms. The first-order chi connectivity index (χ1) is 7.65. The van der Waals surface area contributed by atoms with E-state index in [4.69, 9.17) is 8.83 Å². The van der Waals surface area contributed by atoms with E-state index in [1.807, 2.05) is 26.0 Å². The lowest BCUT2D eigenvalue weighted by Gasteiger charge is -1.99. The largest absolute Gasteiger partial charge is 0.465 e. The van der Waals surface area contributed by atoms with Gasteiger partial charge in [-0.25, -0.2) is 0 Å². The third-order valence-electron chi connectivity index (χ3n) is 2.61. The molecular formula is C13H17NO2. The Bertz CT molecular complexity index is 448. The van der Waals surface area contributed by atoms with E-state index >= 15 is 0 Å². The summed E-state index contributed by atoms with van der Waals surface area (Å²) in [6, 6.07) is 6.02. The highest BCUT2D eigenvalue weighted by Gasteiger charge is 2.03. The van der Waals surface area contributed by atoms with Crippen molar-refractivity contribution in [2.24, 2.45) is 0 Å². The van der Waals surface area contributed by atoms with Crippen LogP contribution < -0.4 is 5.32 Å². The molecule has 2 rings (SSSR count). The zero-order chi connectivity index (χ0) is 11.5. The van der Waals surface area contributed by atoms with Crippen molar-refractivity contribution in [3.8, 4) is 0 Å². The Morgan fingerprint density at radius 3 is 2.31 bits per heavy atom. The Hall–Kier alpha value is -1.48. The molecule has 0 atom stereocenters. The summed E-state index contributed by atoms with van der Waals surface area (Å²) < 4.78 is 11.0. The summed E-state index contributed by atoms with van der Waals surface area (Å²) in [5.41, 5.74) is 1.20. The van der Waals surface area contributed by atoms with E-state index in [0.29, 0.717) is 0 Å². The molecule has 0 aliphatic heterocycles. The van der Waals surface area contributed by atoms with Crippen LogP contribution in [0.15, 0.2) is 27.0 Å². The first-order valence-corrected chi connectivity index (χ1v) is 5.47. The first-order valence-electron chi connectivity index (χ1n) is 5.47. The minimum absolute atomic E-state index is 0.729. The molecule has 3 heteroatoms. The summed E-state index contributed by atoms with van der Waals surface area (Å²) in [7, 11) is 0. The van der Waals surface area contributed by atoms with E-state index in [1.54, 1.807) is 0 Å². The molecule has 2 aromatic heterocycles. The van der Waals surface area contributed by atoms with E-state index < -0.39 is 0 Å². The van der Waals surface area contributed by atoms with Gasteiger partial charge in [0.25, 0.3) is 0 Å². The Labute approximate surface area is 95.5 Å². The summed E-state index contributed by atoms with van der Waals surface area (Å²) in [6.07, 6.45) is 0. The monoisotopic (exact) mass is 219 g/mol. The number of rotatable bonds is 4. The van der Waals surface area contributed by atoms with Gasteiger partial charge in [0.1, 0.15) is 23.0 Å². The summed E-state index contributed by atoms with van der Waals surface area (Å²) in [4.78, 5) is 0. The van der Waals surface area contributed by atoms with E-state index in [0.717, 1.165) is 36.1 Å². The van der Waals surface area contributed by atoms with Crippen LogP contribution in [0.3, 0.4) is 0 Å². The highest BCUT2D eigenvalue weighted by Crippen LogP contribution is 2.13. The number of furan rings is 2. The molecule has 0 unspecified atom stereocenters. The maximum Gasteiger partial charge on any atom is 0.118 e. The Kier molecular flexibility index (Phi) is 3.15. The Morgan fingerprint density at radius 1 is 1.00 bits per heavy atom. The van der Waals surface area contributed by atoms with Crippen LogP contribution in [-0.4, -0.2) is 0 Å². The van der Waals surface area contributed by atoms with Crippen molar-refractivity contribution in [2.75, 3.05) is 0 Å². The van der Waals surface area contributed by atoms with Crippen molar-refractivity contribution >= 4 is 0 Å². The quantitative estimate of drug-likeness (QED) is 0.858. The van der Waals surface area contributed by atoms with Crippen molar-refractivity contribution in [1.82, 2.24) is 5.32 Å². The predicted octanol–water partition coefficient (Wildman–Crippen LogP) is 3.09. The average Bonchev–Trinajstić information content (AvgIpc) is 2.75. The van der Waals surface area contributed by atoms with Gasteiger partial charge < -0.3 is 14.2 Å². The summed E-state index contributed by atoms with van der Waals surface area (Å²) in [6.45, 7) is 7.44. The van der Waals surface area contributed by atoms with Crippen molar-refractivity contribution in [3.63, 3.8) is 0 Å². The molecule has 0 aromatic carbocycles. The number of hydrogen-bond donors (Lipinski definition) is 1. The van der Waals surface area contributed by atoms with Crippen LogP contribution in [-0.2, 0) is 13.1 Å². The van der Waals surface area contributed by atoms with E-state index in [2.05, 4.69) is 18.3 Å². The zero-order valence-corrected chi connectivity index (χ0v) is 9.96. The first kappa shape index (κ1) is 11.0. The molecule has 0 fully saturated rings. The zero-order valence-electron chi connectivity index (χ0n) is 9.96. The van der Waals surface area contributed by atoms with E-state index in [1.165, 1.54) is 5.56 Å². The third-order valence-corrected chi connectivity index (χ3v) is 2.61. The molecule has 0 bridgehead atoms. The van der Waals surface area contributed by atoms with Gasteiger partial charge in [0, 0.05) is 0 Å². The fraction of sp³-hybridized carbons (Fsp3) is 0.385. The van der Waals surface area contributed by atoms with Gasteiger partial charge in [0.2, 0.25) is 0 Å². The molecule has 0 saturated carbocycles. The molecule has 0 amide bonds. The standard InChI is InChI=1S/C13H17NO2/c1-9-6-13(16-11(9)3)8-14-7-12-5-4-10(2)15-12/h4-6,14H,7-8H2,1-3H3. The smallest absolute Gasteiger partial charge is 0.118 e. The molecule has 2 aromatic rings. The molecular weight excluding hydrogens is 202 g/mol. The number of hydrogen-bond acceptors (Lipinski definition) is 3. The van der Waals surface area contributed by atoms with E-state index in [9.17, 15) is 0 Å². The van der Waals surface area contributed by atoms with Gasteiger partial charge in [0.15, 0.2) is 0 Å². The molecule has 0 aliphatic carbocycles. The van der Waals surface area contributed by atoms with Gasteiger partial charge in [-0.1, -0.05) is 0 Å². The second kappa shape index (κ2) is 4.58. The Morgan fingerprint density at radius 2 is 1.75 bits per heavy atom. The van der Waals surface area contributed by atoms with Crippen molar-refractivity contribution < 1.29 is 8.83 Å². The van der Waals surface area contributed by atoms with Gasteiger partial charge in [0.05, 0.1) is 13.1 Å². The van der Waals surface area contributed by atoms with Crippen LogP contribution in [0.5, 0.6) is 0 Å². The Balaban J connectivity index is 1.84. The number of aryl methyl sites for hydroxylation is 3. The number of nitrogens with one attached hydrogen (secondary N) is 1. The molecule has 0 saturated heterocycles. The average molecular weight is 219 g/mol. The molecule has 3 nitrogen and oxygen atoms in total. The summed E-state index contributed by atoms with van der Waals surface area (Å²) in [5, 5.41) is 3.28. The maximum absolute atomic E-state index is 5.56. The summed E-state index contributed by atoms with van der Waals surface area (Å²) in [5.74, 6) is 3.86. The maximum atomic E-state index is 5.56. The van der Waals surface area contributed by atoms with Crippen LogP contribution in [0.4, 0.5) is 0 Å². The van der Waals surface area contributed by atoms with Crippen molar-refractivity contribution in [3.05, 3.63) is 46.8 Å². The fourth-order valence-electron chi connectivity index (χ4n) is 1.63. The normalized spacial score (nSPS) is 10.9. The van der Waals surface area contributed by atoms with E-state index in [-0.39, 0.29) is 0 Å². The highest BCUT2D eigenvalue weighted by molar-refractivity contribution is 5.18.